The van der Waals surface area contributed by atoms with Gasteiger partial charge in [0.05, 0.1) is 18.2 Å². The fourth-order valence-corrected chi connectivity index (χ4v) is 4.79. The summed E-state index contributed by atoms with van der Waals surface area (Å²) < 4.78 is 10.7. The van der Waals surface area contributed by atoms with Crippen molar-refractivity contribution in [1.29, 1.82) is 0 Å². The van der Waals surface area contributed by atoms with E-state index in [4.69, 9.17) is 9.47 Å². The van der Waals surface area contributed by atoms with Gasteiger partial charge in [-0.1, -0.05) is 24.3 Å². The third-order valence-corrected chi connectivity index (χ3v) is 6.42. The molecule has 1 N–H and O–H groups in total. The lowest BCUT2D eigenvalue weighted by atomic mass is 9.88. The highest BCUT2D eigenvalue weighted by Gasteiger charge is 2.45. The Hall–Kier alpha value is -3.12. The zero-order chi connectivity index (χ0) is 23.4. The number of nitrogens with zero attached hydrogens (tertiary/aromatic N) is 1. The second-order valence-corrected chi connectivity index (χ2v) is 8.53. The molecular formula is C27H31NO5. The quantitative estimate of drug-likeness (QED) is 0.279. The molecular weight excluding hydrogens is 418 g/mol. The first-order chi connectivity index (χ1) is 16.0. The number of carbonyl (C=O) groups is 2. The summed E-state index contributed by atoms with van der Waals surface area (Å²) in [5.41, 5.74) is 3.98. The van der Waals surface area contributed by atoms with Gasteiger partial charge in [0.15, 0.2) is 0 Å². The van der Waals surface area contributed by atoms with Gasteiger partial charge in [0.25, 0.3) is 11.7 Å². The van der Waals surface area contributed by atoms with Crippen molar-refractivity contribution in [2.75, 3.05) is 26.9 Å². The summed E-state index contributed by atoms with van der Waals surface area (Å²) in [6.45, 7) is 3.30. The highest BCUT2D eigenvalue weighted by atomic mass is 16.5. The first kappa shape index (κ1) is 23.1. The van der Waals surface area contributed by atoms with Gasteiger partial charge in [-0.15, -0.1) is 0 Å². The van der Waals surface area contributed by atoms with Crippen molar-refractivity contribution in [3.05, 3.63) is 70.3 Å². The molecule has 33 heavy (non-hydrogen) atoms. The van der Waals surface area contributed by atoms with Crippen molar-refractivity contribution >= 4 is 17.4 Å². The van der Waals surface area contributed by atoms with Crippen LogP contribution < -0.4 is 4.74 Å². The van der Waals surface area contributed by atoms with Gasteiger partial charge >= 0.3 is 0 Å². The number of ether oxygens (including phenoxy) is 2. The van der Waals surface area contributed by atoms with Gasteiger partial charge in [-0.2, -0.15) is 0 Å². The maximum Gasteiger partial charge on any atom is 0.295 e. The van der Waals surface area contributed by atoms with Crippen molar-refractivity contribution in [3.8, 4) is 5.75 Å². The molecule has 1 heterocycles. The van der Waals surface area contributed by atoms with Crippen LogP contribution in [-0.4, -0.2) is 48.6 Å². The fraction of sp³-hybridized carbons (Fsp3) is 0.407. The number of aryl methyl sites for hydroxylation is 2. The number of Topliss-reactive ketones (excluding diaryl/α,β-unsaturated/α-hetero) is 1. The lowest BCUT2D eigenvalue weighted by Crippen LogP contribution is -2.31. The van der Waals surface area contributed by atoms with E-state index in [-0.39, 0.29) is 11.3 Å². The molecule has 6 heteroatoms. The van der Waals surface area contributed by atoms with Crippen LogP contribution in [-0.2, 0) is 27.2 Å². The Morgan fingerprint density at radius 3 is 2.48 bits per heavy atom. The van der Waals surface area contributed by atoms with Crippen LogP contribution in [0.25, 0.3) is 5.76 Å². The van der Waals surface area contributed by atoms with Crippen LogP contribution in [0.4, 0.5) is 0 Å². The summed E-state index contributed by atoms with van der Waals surface area (Å²) >= 11 is 0. The minimum absolute atomic E-state index is 0.116. The van der Waals surface area contributed by atoms with Crippen LogP contribution in [0.5, 0.6) is 5.75 Å². The molecule has 0 spiro atoms. The number of methoxy groups -OCH3 is 1. The van der Waals surface area contributed by atoms with Crippen LogP contribution in [0.15, 0.2) is 48.0 Å². The molecule has 2 aliphatic rings. The molecule has 6 nitrogen and oxygen atoms in total. The van der Waals surface area contributed by atoms with Gasteiger partial charge in [-0.05, 0) is 73.9 Å². The molecule has 4 rings (SSSR count). The standard InChI is InChI=1S/C27H31NO5/c1-3-33-22-13-11-19(12-14-22)24-23(26(30)27(31)28(24)15-6-16-32-2)25(29)21-10-9-18-7-4-5-8-20(18)17-21/h9-14,17,24,29H,3-8,15-16H2,1-2H3/b25-23-. The van der Waals surface area contributed by atoms with Crippen LogP contribution in [0.3, 0.4) is 0 Å². The minimum Gasteiger partial charge on any atom is -0.507 e. The second-order valence-electron chi connectivity index (χ2n) is 8.53. The number of hydrogen-bond donors (Lipinski definition) is 1. The number of aliphatic hydroxyl groups excluding tert-OH is 1. The molecule has 0 radical (unpaired) electrons. The fourth-order valence-electron chi connectivity index (χ4n) is 4.79. The lowest BCUT2D eigenvalue weighted by Gasteiger charge is -2.25. The Balaban J connectivity index is 1.77. The van der Waals surface area contributed by atoms with Gasteiger partial charge in [-0.3, -0.25) is 9.59 Å². The number of likely N-dealkylation sites (tertiary alicyclic amines) is 1. The van der Waals surface area contributed by atoms with E-state index >= 15 is 0 Å². The van der Waals surface area contributed by atoms with Crippen molar-refractivity contribution in [3.63, 3.8) is 0 Å². The van der Waals surface area contributed by atoms with E-state index in [1.807, 2.05) is 49.4 Å². The Bertz CT molecular complexity index is 1060. The SMILES string of the molecule is CCOc1ccc(C2/C(=C(/O)c3ccc4c(c3)CCCC4)C(=O)C(=O)N2CCCOC)cc1. The van der Waals surface area contributed by atoms with E-state index in [2.05, 4.69) is 0 Å². The topological polar surface area (TPSA) is 76.1 Å². The highest BCUT2D eigenvalue weighted by Crippen LogP contribution is 2.40. The van der Waals surface area contributed by atoms with Gasteiger partial charge in [-0.25, -0.2) is 0 Å². The molecule has 1 unspecified atom stereocenters. The van der Waals surface area contributed by atoms with Gasteiger partial charge in [0.1, 0.15) is 11.5 Å². The monoisotopic (exact) mass is 449 g/mol. The predicted molar refractivity (Wildman–Crippen MR) is 126 cm³/mol. The van der Waals surface area contributed by atoms with Gasteiger partial charge in [0.2, 0.25) is 0 Å². The molecule has 2 aromatic carbocycles. The van der Waals surface area contributed by atoms with Gasteiger partial charge in [0, 0.05) is 25.8 Å². The molecule has 1 aliphatic carbocycles. The molecule has 1 fully saturated rings. The highest BCUT2D eigenvalue weighted by molar-refractivity contribution is 6.46. The van der Waals surface area contributed by atoms with Crippen LogP contribution in [0, 0.1) is 0 Å². The van der Waals surface area contributed by atoms with Crippen molar-refractivity contribution in [2.24, 2.45) is 0 Å². The number of rotatable bonds is 8. The summed E-state index contributed by atoms with van der Waals surface area (Å²) in [4.78, 5) is 27.7. The third-order valence-electron chi connectivity index (χ3n) is 6.42. The molecule has 2 aromatic rings. The number of benzene rings is 2. The zero-order valence-corrected chi connectivity index (χ0v) is 19.3. The maximum absolute atomic E-state index is 13.1. The van der Waals surface area contributed by atoms with E-state index in [9.17, 15) is 14.7 Å². The van der Waals surface area contributed by atoms with Gasteiger partial charge < -0.3 is 19.5 Å². The number of aliphatic hydroxyl groups is 1. The zero-order valence-electron chi connectivity index (χ0n) is 19.3. The number of carbonyl (C=O) groups excluding carboxylic acids is 2. The summed E-state index contributed by atoms with van der Waals surface area (Å²) in [5.74, 6) is -0.645. The van der Waals surface area contributed by atoms with Crippen LogP contribution in [0.1, 0.15) is 54.5 Å². The summed E-state index contributed by atoms with van der Waals surface area (Å²) in [6, 6.07) is 12.6. The first-order valence-electron chi connectivity index (χ1n) is 11.7. The lowest BCUT2D eigenvalue weighted by molar-refractivity contribution is -0.140. The molecule has 0 saturated carbocycles. The normalized spacial score (nSPS) is 19.6. The van der Waals surface area contributed by atoms with Crippen molar-refractivity contribution in [1.82, 2.24) is 4.90 Å². The molecule has 1 atom stereocenters. The second kappa shape index (κ2) is 10.2. The Labute approximate surface area is 194 Å². The number of ketones is 1. The minimum atomic E-state index is -0.659. The largest absolute Gasteiger partial charge is 0.507 e. The molecule has 0 bridgehead atoms. The van der Waals surface area contributed by atoms with Crippen molar-refractivity contribution in [2.45, 2.75) is 45.1 Å². The summed E-state index contributed by atoms with van der Waals surface area (Å²) in [7, 11) is 1.61. The van der Waals surface area contributed by atoms with E-state index < -0.39 is 17.7 Å². The van der Waals surface area contributed by atoms with Crippen LogP contribution in [0.2, 0.25) is 0 Å². The molecule has 1 aliphatic heterocycles. The number of hydrogen-bond acceptors (Lipinski definition) is 5. The third kappa shape index (κ3) is 4.67. The first-order valence-corrected chi connectivity index (χ1v) is 11.7. The van der Waals surface area contributed by atoms with Crippen LogP contribution >= 0.6 is 0 Å². The number of fused-ring (bicyclic) bond motifs is 1. The van der Waals surface area contributed by atoms with E-state index in [0.29, 0.717) is 37.5 Å². The number of amides is 1. The van der Waals surface area contributed by atoms with E-state index in [1.165, 1.54) is 17.5 Å². The van der Waals surface area contributed by atoms with E-state index in [0.717, 1.165) is 24.8 Å². The molecule has 1 amide bonds. The maximum atomic E-state index is 13.1. The summed E-state index contributed by atoms with van der Waals surface area (Å²) in [5, 5.41) is 11.3. The summed E-state index contributed by atoms with van der Waals surface area (Å²) in [6.07, 6.45) is 4.88. The molecule has 1 saturated heterocycles. The van der Waals surface area contributed by atoms with E-state index in [1.54, 1.807) is 12.0 Å². The average molecular weight is 450 g/mol. The van der Waals surface area contributed by atoms with Crippen molar-refractivity contribution < 1.29 is 24.2 Å². The molecule has 0 aromatic heterocycles. The predicted octanol–water partition coefficient (Wildman–Crippen LogP) is 4.42. The smallest absolute Gasteiger partial charge is 0.295 e. The Morgan fingerprint density at radius 1 is 1.06 bits per heavy atom. The molecule has 174 valence electrons. The average Bonchev–Trinajstić information content (AvgIpc) is 3.09. The Kier molecular flexibility index (Phi) is 7.14. The Morgan fingerprint density at radius 2 is 1.79 bits per heavy atom.